The molecule has 2 aromatic rings. The Kier molecular flexibility index (Phi) is 3.93. The van der Waals surface area contributed by atoms with Gasteiger partial charge < -0.3 is 9.73 Å². The highest BCUT2D eigenvalue weighted by Gasteiger charge is 2.54. The quantitative estimate of drug-likeness (QED) is 0.617. The van der Waals surface area contributed by atoms with E-state index >= 15 is 0 Å². The van der Waals surface area contributed by atoms with Crippen LogP contribution in [0.15, 0.2) is 33.9 Å². The smallest absolute Gasteiger partial charge is 0.278 e. The number of hydrogen-bond acceptors (Lipinski definition) is 6. The van der Waals surface area contributed by atoms with E-state index in [1.54, 1.807) is 0 Å². The highest BCUT2D eigenvalue weighted by Crippen LogP contribution is 2.60. The van der Waals surface area contributed by atoms with Crippen LogP contribution in [0, 0.1) is 29.1 Å². The van der Waals surface area contributed by atoms with Crippen LogP contribution >= 0.6 is 11.8 Å². The topological polar surface area (TPSA) is 74.7 Å². The third kappa shape index (κ3) is 2.79. The van der Waals surface area contributed by atoms with Crippen LogP contribution in [0.2, 0.25) is 0 Å². The molecule has 26 heavy (non-hydrogen) atoms. The summed E-state index contributed by atoms with van der Waals surface area (Å²) in [5.74, 6) is 4.08. The number of nitriles is 1. The molecular formula is C20H22N4OS. The molecular weight excluding hydrogens is 344 g/mol. The van der Waals surface area contributed by atoms with Gasteiger partial charge in [-0.25, -0.2) is 0 Å². The Morgan fingerprint density at radius 3 is 2.50 bits per heavy atom. The van der Waals surface area contributed by atoms with E-state index < -0.39 is 0 Å². The first-order valence-electron chi connectivity index (χ1n) is 9.44. The summed E-state index contributed by atoms with van der Waals surface area (Å²) in [4.78, 5) is 0. The molecule has 1 aromatic carbocycles. The Labute approximate surface area is 157 Å². The Morgan fingerprint density at radius 2 is 1.81 bits per heavy atom. The average molecular weight is 366 g/mol. The van der Waals surface area contributed by atoms with E-state index in [1.165, 1.54) is 50.3 Å². The lowest BCUT2D eigenvalue weighted by Gasteiger charge is -2.55. The van der Waals surface area contributed by atoms with Crippen LogP contribution in [0.25, 0.3) is 0 Å². The Hall–Kier alpha value is -2.00. The van der Waals surface area contributed by atoms with Crippen molar-refractivity contribution in [2.45, 2.75) is 49.2 Å². The maximum Gasteiger partial charge on any atom is 0.278 e. The molecule has 134 valence electrons. The molecule has 1 N–H and O–H groups in total. The Balaban J connectivity index is 1.26. The summed E-state index contributed by atoms with van der Waals surface area (Å²) >= 11 is 1.50. The van der Waals surface area contributed by atoms with Gasteiger partial charge >= 0.3 is 0 Å². The van der Waals surface area contributed by atoms with E-state index in [-0.39, 0.29) is 5.41 Å². The van der Waals surface area contributed by atoms with Crippen molar-refractivity contribution in [2.24, 2.45) is 17.8 Å². The average Bonchev–Trinajstić information content (AvgIpc) is 3.11. The summed E-state index contributed by atoms with van der Waals surface area (Å²) in [5.41, 5.74) is 1.64. The summed E-state index contributed by atoms with van der Waals surface area (Å²) in [6, 6.07) is 9.71. The summed E-state index contributed by atoms with van der Waals surface area (Å²) in [6.45, 7) is 0. The maximum atomic E-state index is 9.15. The van der Waals surface area contributed by atoms with E-state index in [4.69, 9.17) is 9.68 Å². The van der Waals surface area contributed by atoms with Crippen LogP contribution in [0.5, 0.6) is 0 Å². The van der Waals surface area contributed by atoms with Gasteiger partial charge in [0.05, 0.1) is 17.1 Å². The number of anilines is 1. The molecule has 5 nitrogen and oxygen atoms in total. The molecule has 0 spiro atoms. The van der Waals surface area contributed by atoms with Crippen molar-refractivity contribution in [1.82, 2.24) is 10.2 Å². The molecule has 0 amide bonds. The summed E-state index contributed by atoms with van der Waals surface area (Å²) in [7, 11) is 0. The molecule has 4 fully saturated rings. The number of nitrogens with zero attached hydrogens (tertiary/aromatic N) is 3. The third-order valence-electron chi connectivity index (χ3n) is 6.40. The molecule has 0 saturated heterocycles. The van der Waals surface area contributed by atoms with E-state index in [0.717, 1.165) is 29.3 Å². The minimum atomic E-state index is 0.154. The van der Waals surface area contributed by atoms with Crippen molar-refractivity contribution in [1.29, 1.82) is 5.26 Å². The van der Waals surface area contributed by atoms with Gasteiger partial charge in [-0.2, -0.15) is 5.26 Å². The largest absolute Gasteiger partial charge is 0.415 e. The second kappa shape index (κ2) is 6.31. The van der Waals surface area contributed by atoms with Gasteiger partial charge in [0.1, 0.15) is 6.07 Å². The van der Waals surface area contributed by atoms with E-state index in [1.807, 2.05) is 24.3 Å². The molecule has 4 aliphatic carbocycles. The van der Waals surface area contributed by atoms with E-state index in [2.05, 4.69) is 21.6 Å². The molecule has 4 saturated carbocycles. The lowest BCUT2D eigenvalue weighted by Crippen LogP contribution is -2.48. The number of nitrogens with one attached hydrogen (secondary N) is 1. The molecule has 4 aliphatic rings. The Morgan fingerprint density at radius 1 is 1.12 bits per heavy atom. The fraction of sp³-hybridized carbons (Fsp3) is 0.550. The lowest BCUT2D eigenvalue weighted by molar-refractivity contribution is -0.0191. The van der Waals surface area contributed by atoms with Gasteiger partial charge in [-0.15, -0.1) is 10.2 Å². The first kappa shape index (κ1) is 16.2. The van der Waals surface area contributed by atoms with Gasteiger partial charge in [0, 0.05) is 5.41 Å². The van der Waals surface area contributed by atoms with Gasteiger partial charge in [0.15, 0.2) is 0 Å². The van der Waals surface area contributed by atoms with Crippen LogP contribution < -0.4 is 5.32 Å². The SMILES string of the molecule is N#Cc1ccccc1NCSc1nnc(C23CC4CC(CC(C4)C2)C3)o1. The number of para-hydroxylation sites is 1. The van der Waals surface area contributed by atoms with Crippen molar-refractivity contribution in [3.05, 3.63) is 35.7 Å². The summed E-state index contributed by atoms with van der Waals surface area (Å²) < 4.78 is 6.10. The van der Waals surface area contributed by atoms with Crippen molar-refractivity contribution in [2.75, 3.05) is 11.2 Å². The molecule has 6 heteroatoms. The summed E-state index contributed by atoms with van der Waals surface area (Å²) in [6.07, 6.45) is 7.95. The molecule has 4 bridgehead atoms. The van der Waals surface area contributed by atoms with Crippen molar-refractivity contribution < 1.29 is 4.42 Å². The van der Waals surface area contributed by atoms with Crippen LogP contribution in [0.1, 0.15) is 50.0 Å². The standard InChI is InChI=1S/C20H22N4OS/c21-11-16-3-1-2-4-17(16)22-12-26-19-24-23-18(25-19)20-8-13-5-14(9-20)7-15(6-13)10-20/h1-4,13-15,22H,5-10,12H2. The zero-order valence-electron chi connectivity index (χ0n) is 14.6. The number of benzene rings is 1. The van der Waals surface area contributed by atoms with Crippen molar-refractivity contribution in [3.63, 3.8) is 0 Å². The normalized spacial score (nSPS) is 31.7. The molecule has 0 aliphatic heterocycles. The predicted molar refractivity (Wildman–Crippen MR) is 99.7 cm³/mol. The highest BCUT2D eigenvalue weighted by molar-refractivity contribution is 7.99. The van der Waals surface area contributed by atoms with Crippen molar-refractivity contribution in [3.8, 4) is 6.07 Å². The molecule has 0 radical (unpaired) electrons. The highest BCUT2D eigenvalue weighted by atomic mass is 32.2. The molecule has 0 atom stereocenters. The van der Waals surface area contributed by atoms with Crippen LogP contribution in [0.4, 0.5) is 5.69 Å². The molecule has 0 unspecified atom stereocenters. The fourth-order valence-electron chi connectivity index (χ4n) is 5.77. The fourth-order valence-corrected chi connectivity index (χ4v) is 6.35. The van der Waals surface area contributed by atoms with Gasteiger partial charge in [-0.1, -0.05) is 12.1 Å². The zero-order chi connectivity index (χ0) is 17.6. The maximum absolute atomic E-state index is 9.15. The number of aromatic nitrogens is 2. The van der Waals surface area contributed by atoms with Crippen LogP contribution in [-0.2, 0) is 5.41 Å². The molecule has 6 rings (SSSR count). The first-order valence-corrected chi connectivity index (χ1v) is 10.4. The lowest BCUT2D eigenvalue weighted by atomic mass is 9.49. The monoisotopic (exact) mass is 366 g/mol. The van der Waals surface area contributed by atoms with Gasteiger partial charge in [0.25, 0.3) is 5.22 Å². The minimum Gasteiger partial charge on any atom is -0.415 e. The second-order valence-corrected chi connectivity index (χ2v) is 9.12. The summed E-state index contributed by atoms with van der Waals surface area (Å²) in [5, 5.41) is 21.8. The second-order valence-electron chi connectivity index (χ2n) is 8.19. The Bertz CT molecular complexity index is 820. The number of thioether (sulfide) groups is 1. The zero-order valence-corrected chi connectivity index (χ0v) is 15.5. The minimum absolute atomic E-state index is 0.154. The van der Waals surface area contributed by atoms with Gasteiger partial charge in [-0.3, -0.25) is 0 Å². The van der Waals surface area contributed by atoms with Crippen LogP contribution in [-0.4, -0.2) is 16.1 Å². The van der Waals surface area contributed by atoms with Crippen molar-refractivity contribution >= 4 is 17.4 Å². The third-order valence-corrected chi connectivity index (χ3v) is 7.10. The number of hydrogen-bond donors (Lipinski definition) is 1. The number of rotatable bonds is 5. The predicted octanol–water partition coefficient (Wildman–Crippen LogP) is 4.57. The van der Waals surface area contributed by atoms with E-state index in [9.17, 15) is 0 Å². The van der Waals surface area contributed by atoms with Crippen LogP contribution in [0.3, 0.4) is 0 Å². The van der Waals surface area contributed by atoms with Gasteiger partial charge in [0.2, 0.25) is 5.89 Å². The molecule has 1 aromatic heterocycles. The van der Waals surface area contributed by atoms with Gasteiger partial charge in [-0.05, 0) is 80.2 Å². The first-order chi connectivity index (χ1) is 12.7. The molecule has 1 heterocycles. The van der Waals surface area contributed by atoms with E-state index in [0.29, 0.717) is 16.7 Å².